The van der Waals surface area contributed by atoms with Crippen molar-refractivity contribution in [2.45, 2.75) is 19.3 Å². The maximum atomic E-state index is 5.37. The average molecular weight is 356 g/mol. The van der Waals surface area contributed by atoms with Crippen LogP contribution in [-0.4, -0.2) is 31.9 Å². The van der Waals surface area contributed by atoms with Crippen LogP contribution < -0.4 is 20.3 Å². The highest BCUT2D eigenvalue weighted by molar-refractivity contribution is 7.80. The van der Waals surface area contributed by atoms with Crippen molar-refractivity contribution in [3.63, 3.8) is 0 Å². The lowest BCUT2D eigenvalue weighted by molar-refractivity contribution is 0.415. The number of rotatable bonds is 6. The first kappa shape index (κ1) is 17.5. The average Bonchev–Trinajstić information content (AvgIpc) is 2.65. The number of hydrogen-bond acceptors (Lipinski definition) is 3. The molecule has 0 aliphatic carbocycles. The standard InChI is InChI=1S/C20H25N3OS/c1-24-18-10-4-9-17(15-18)22-20(25)21-12-6-14-23-13-5-8-16-7-2-3-11-19(16)23/h2-4,7,9-11,15H,5-6,8,12-14H2,1H3,(H2,21,22,25). The molecule has 0 atom stereocenters. The van der Waals surface area contributed by atoms with E-state index in [-0.39, 0.29) is 0 Å². The SMILES string of the molecule is COc1cccc(NC(=S)NCCCN2CCCc3ccccc32)c1. The number of anilines is 2. The largest absolute Gasteiger partial charge is 0.497 e. The second-order valence-electron chi connectivity index (χ2n) is 6.19. The molecule has 0 amide bonds. The molecule has 2 N–H and O–H groups in total. The van der Waals surface area contributed by atoms with Gasteiger partial charge in [-0.2, -0.15) is 0 Å². The Balaban J connectivity index is 1.42. The Bertz CT molecular complexity index is 720. The molecule has 0 saturated heterocycles. The van der Waals surface area contributed by atoms with E-state index >= 15 is 0 Å². The molecule has 25 heavy (non-hydrogen) atoms. The summed E-state index contributed by atoms with van der Waals surface area (Å²) in [5, 5.41) is 7.13. The van der Waals surface area contributed by atoms with Crippen LogP contribution in [0.15, 0.2) is 48.5 Å². The fraction of sp³-hybridized carbons (Fsp3) is 0.350. The Morgan fingerprint density at radius 3 is 2.96 bits per heavy atom. The molecule has 0 saturated carbocycles. The van der Waals surface area contributed by atoms with Crippen molar-refractivity contribution in [2.24, 2.45) is 0 Å². The fourth-order valence-corrected chi connectivity index (χ4v) is 3.41. The minimum atomic E-state index is 0.646. The minimum absolute atomic E-state index is 0.646. The number of methoxy groups -OCH3 is 1. The van der Waals surface area contributed by atoms with E-state index in [1.165, 1.54) is 24.1 Å². The molecule has 5 heteroatoms. The number of benzene rings is 2. The summed E-state index contributed by atoms with van der Waals surface area (Å²) in [6.45, 7) is 3.05. The van der Waals surface area contributed by atoms with Gasteiger partial charge < -0.3 is 20.3 Å². The highest BCUT2D eigenvalue weighted by Gasteiger charge is 2.15. The van der Waals surface area contributed by atoms with Gasteiger partial charge in [-0.15, -0.1) is 0 Å². The predicted octanol–water partition coefficient (Wildman–Crippen LogP) is 3.82. The van der Waals surface area contributed by atoms with Gasteiger partial charge in [0.05, 0.1) is 7.11 Å². The third kappa shape index (κ3) is 4.86. The summed E-state index contributed by atoms with van der Waals surface area (Å²) in [5.41, 5.74) is 3.80. The first-order valence-corrected chi connectivity index (χ1v) is 9.19. The third-order valence-corrected chi connectivity index (χ3v) is 4.67. The lowest BCUT2D eigenvalue weighted by atomic mass is 10.0. The van der Waals surface area contributed by atoms with Crippen molar-refractivity contribution in [3.05, 3.63) is 54.1 Å². The number of thiocarbonyl (C=S) groups is 1. The Morgan fingerprint density at radius 2 is 2.08 bits per heavy atom. The lowest BCUT2D eigenvalue weighted by Gasteiger charge is -2.31. The Kier molecular flexibility index (Phi) is 6.12. The van der Waals surface area contributed by atoms with Crippen LogP contribution in [0.3, 0.4) is 0 Å². The molecule has 0 unspecified atom stereocenters. The molecular weight excluding hydrogens is 330 g/mol. The first-order chi connectivity index (χ1) is 12.3. The minimum Gasteiger partial charge on any atom is -0.497 e. The molecule has 2 aromatic rings. The number of ether oxygens (including phenoxy) is 1. The zero-order valence-electron chi connectivity index (χ0n) is 14.6. The lowest BCUT2D eigenvalue weighted by Crippen LogP contribution is -2.34. The molecule has 0 fully saturated rings. The van der Waals surface area contributed by atoms with Crippen LogP contribution in [0.25, 0.3) is 0 Å². The van der Waals surface area contributed by atoms with Crippen molar-refractivity contribution >= 4 is 28.7 Å². The normalized spacial score (nSPS) is 13.1. The zero-order valence-corrected chi connectivity index (χ0v) is 15.4. The quantitative estimate of drug-likeness (QED) is 0.608. The van der Waals surface area contributed by atoms with E-state index in [9.17, 15) is 0 Å². The summed E-state index contributed by atoms with van der Waals surface area (Å²) in [4.78, 5) is 2.49. The third-order valence-electron chi connectivity index (χ3n) is 4.42. The smallest absolute Gasteiger partial charge is 0.170 e. The summed E-state index contributed by atoms with van der Waals surface area (Å²) in [7, 11) is 1.66. The van der Waals surface area contributed by atoms with Crippen LogP contribution in [0.5, 0.6) is 5.75 Å². The van der Waals surface area contributed by atoms with Crippen molar-refractivity contribution in [1.82, 2.24) is 5.32 Å². The summed E-state index contributed by atoms with van der Waals surface area (Å²) in [6, 6.07) is 16.5. The van der Waals surface area contributed by atoms with E-state index in [2.05, 4.69) is 39.8 Å². The molecule has 0 radical (unpaired) electrons. The molecule has 1 aliphatic heterocycles. The predicted molar refractivity (Wildman–Crippen MR) is 109 cm³/mol. The van der Waals surface area contributed by atoms with E-state index in [0.29, 0.717) is 5.11 Å². The second kappa shape index (κ2) is 8.72. The molecule has 2 aromatic carbocycles. The van der Waals surface area contributed by atoms with Crippen LogP contribution >= 0.6 is 12.2 Å². The van der Waals surface area contributed by atoms with E-state index in [1.54, 1.807) is 7.11 Å². The Morgan fingerprint density at radius 1 is 1.20 bits per heavy atom. The fourth-order valence-electron chi connectivity index (χ4n) is 3.19. The molecule has 0 aromatic heterocycles. The number of aryl methyl sites for hydroxylation is 1. The molecule has 0 bridgehead atoms. The molecule has 132 valence electrons. The van der Waals surface area contributed by atoms with Crippen LogP contribution in [0, 0.1) is 0 Å². The van der Waals surface area contributed by atoms with E-state index in [1.807, 2.05) is 24.3 Å². The highest BCUT2D eigenvalue weighted by atomic mass is 32.1. The Hall–Kier alpha value is -2.27. The van der Waals surface area contributed by atoms with Gasteiger partial charge in [0.2, 0.25) is 0 Å². The van der Waals surface area contributed by atoms with Gasteiger partial charge in [-0.1, -0.05) is 24.3 Å². The molecule has 1 heterocycles. The summed E-state index contributed by atoms with van der Waals surface area (Å²) >= 11 is 5.37. The van der Waals surface area contributed by atoms with Gasteiger partial charge in [-0.25, -0.2) is 0 Å². The highest BCUT2D eigenvalue weighted by Crippen LogP contribution is 2.26. The van der Waals surface area contributed by atoms with Gasteiger partial charge >= 0.3 is 0 Å². The van der Waals surface area contributed by atoms with Crippen molar-refractivity contribution in [1.29, 1.82) is 0 Å². The topological polar surface area (TPSA) is 36.5 Å². The number of nitrogens with zero attached hydrogens (tertiary/aromatic N) is 1. The monoisotopic (exact) mass is 355 g/mol. The molecular formula is C20H25N3OS. The van der Waals surface area contributed by atoms with Gasteiger partial charge in [0.1, 0.15) is 5.75 Å². The number of nitrogens with one attached hydrogen (secondary N) is 2. The molecule has 1 aliphatic rings. The van der Waals surface area contributed by atoms with Crippen LogP contribution in [0.2, 0.25) is 0 Å². The van der Waals surface area contributed by atoms with Gasteiger partial charge in [0.15, 0.2) is 5.11 Å². The van der Waals surface area contributed by atoms with E-state index in [4.69, 9.17) is 17.0 Å². The zero-order chi connectivity index (χ0) is 17.5. The second-order valence-corrected chi connectivity index (χ2v) is 6.59. The van der Waals surface area contributed by atoms with Gasteiger partial charge in [-0.05, 0) is 55.2 Å². The number of hydrogen-bond donors (Lipinski definition) is 2. The van der Waals surface area contributed by atoms with Gasteiger partial charge in [0.25, 0.3) is 0 Å². The molecule has 0 spiro atoms. The maximum absolute atomic E-state index is 5.37. The van der Waals surface area contributed by atoms with Gasteiger partial charge in [0, 0.05) is 37.1 Å². The molecule has 3 rings (SSSR count). The summed E-state index contributed by atoms with van der Waals surface area (Å²) in [5.74, 6) is 0.816. The summed E-state index contributed by atoms with van der Waals surface area (Å²) in [6.07, 6.45) is 3.48. The Labute approximate surface area is 155 Å². The van der Waals surface area contributed by atoms with E-state index in [0.717, 1.165) is 37.5 Å². The van der Waals surface area contributed by atoms with E-state index < -0.39 is 0 Å². The first-order valence-electron chi connectivity index (χ1n) is 8.78. The van der Waals surface area contributed by atoms with Gasteiger partial charge in [-0.3, -0.25) is 0 Å². The van der Waals surface area contributed by atoms with Crippen molar-refractivity contribution in [2.75, 3.05) is 37.0 Å². The van der Waals surface area contributed by atoms with Crippen LogP contribution in [0.4, 0.5) is 11.4 Å². The van der Waals surface area contributed by atoms with Crippen LogP contribution in [0.1, 0.15) is 18.4 Å². The van der Waals surface area contributed by atoms with Crippen molar-refractivity contribution in [3.8, 4) is 5.75 Å². The number of fused-ring (bicyclic) bond motifs is 1. The molecule has 4 nitrogen and oxygen atoms in total. The maximum Gasteiger partial charge on any atom is 0.170 e. The van der Waals surface area contributed by atoms with Crippen LogP contribution in [-0.2, 0) is 6.42 Å². The summed E-state index contributed by atoms with van der Waals surface area (Å²) < 4.78 is 5.22. The number of para-hydroxylation sites is 1. The van der Waals surface area contributed by atoms with Crippen molar-refractivity contribution < 1.29 is 4.74 Å².